The Labute approximate surface area is 136 Å². The zero-order valence-electron chi connectivity index (χ0n) is 13.0. The van der Waals surface area contributed by atoms with Crippen molar-refractivity contribution >= 4 is 29.1 Å². The number of amides is 2. The molecule has 1 aliphatic heterocycles. The first-order valence-corrected chi connectivity index (χ1v) is 8.38. The number of anilines is 1. The van der Waals surface area contributed by atoms with Crippen molar-refractivity contribution in [2.24, 2.45) is 5.92 Å². The Balaban J connectivity index is 1.91. The van der Waals surface area contributed by atoms with Crippen LogP contribution in [0.25, 0.3) is 0 Å². The molecule has 1 N–H and O–H groups in total. The summed E-state index contributed by atoms with van der Waals surface area (Å²) in [6, 6.07) is 7.10. The fourth-order valence-electron chi connectivity index (χ4n) is 2.54. The van der Waals surface area contributed by atoms with Gasteiger partial charge in [-0.25, -0.2) is 0 Å². The van der Waals surface area contributed by atoms with E-state index in [0.717, 1.165) is 25.9 Å². The van der Waals surface area contributed by atoms with Gasteiger partial charge in [0.1, 0.15) is 0 Å². The Morgan fingerprint density at radius 1 is 1.23 bits per heavy atom. The second-order valence-electron chi connectivity index (χ2n) is 5.89. The van der Waals surface area contributed by atoms with Gasteiger partial charge in [0.05, 0.1) is 0 Å². The molecule has 0 aromatic heterocycles. The fraction of sp³-hybridized carbons (Fsp3) is 0.529. The zero-order valence-corrected chi connectivity index (χ0v) is 13.7. The van der Waals surface area contributed by atoms with Gasteiger partial charge >= 0.3 is 0 Å². The predicted octanol–water partition coefficient (Wildman–Crippen LogP) is 3.52. The molecular formula is C17H23ClN2O2. The molecule has 1 saturated heterocycles. The standard InChI is InChI=1S/C17H23ClN2O2/c1-13-8-11-20(12-9-13)17(22)14-4-6-15(7-5-14)19-16(21)3-2-10-18/h4-7,13H,2-3,8-12H2,1H3,(H,19,21). The SMILES string of the molecule is CC1CCN(C(=O)c2ccc(NC(=O)CCCCl)cc2)CC1. The summed E-state index contributed by atoms with van der Waals surface area (Å²) in [4.78, 5) is 25.9. The highest BCUT2D eigenvalue weighted by Gasteiger charge is 2.21. The van der Waals surface area contributed by atoms with Gasteiger partial charge in [-0.2, -0.15) is 0 Å². The zero-order chi connectivity index (χ0) is 15.9. The Hall–Kier alpha value is -1.55. The number of hydrogen-bond donors (Lipinski definition) is 1. The summed E-state index contributed by atoms with van der Waals surface area (Å²) in [5, 5.41) is 2.81. The average Bonchev–Trinajstić information content (AvgIpc) is 2.54. The summed E-state index contributed by atoms with van der Waals surface area (Å²) >= 11 is 5.56. The molecule has 0 atom stereocenters. The lowest BCUT2D eigenvalue weighted by atomic mass is 9.98. The van der Waals surface area contributed by atoms with Crippen LogP contribution in [0.3, 0.4) is 0 Å². The van der Waals surface area contributed by atoms with Gasteiger partial charge < -0.3 is 10.2 Å². The van der Waals surface area contributed by atoms with E-state index in [0.29, 0.717) is 35.9 Å². The topological polar surface area (TPSA) is 49.4 Å². The van der Waals surface area contributed by atoms with Crippen LogP contribution < -0.4 is 5.32 Å². The van der Waals surface area contributed by atoms with Gasteiger partial charge in [0, 0.05) is 36.6 Å². The Bertz CT molecular complexity index is 508. The molecule has 0 bridgehead atoms. The molecule has 22 heavy (non-hydrogen) atoms. The third-order valence-corrected chi connectivity index (χ3v) is 4.29. The number of piperidine rings is 1. The smallest absolute Gasteiger partial charge is 0.253 e. The third kappa shape index (κ3) is 4.73. The summed E-state index contributed by atoms with van der Waals surface area (Å²) in [6.07, 6.45) is 3.22. The summed E-state index contributed by atoms with van der Waals surface area (Å²) in [5.74, 6) is 1.21. The molecule has 1 aromatic rings. The van der Waals surface area contributed by atoms with Gasteiger partial charge in [0.15, 0.2) is 0 Å². The largest absolute Gasteiger partial charge is 0.339 e. The van der Waals surface area contributed by atoms with E-state index in [4.69, 9.17) is 11.6 Å². The molecule has 0 radical (unpaired) electrons. The van der Waals surface area contributed by atoms with Crippen molar-refractivity contribution in [3.05, 3.63) is 29.8 Å². The van der Waals surface area contributed by atoms with Gasteiger partial charge in [-0.05, 0) is 49.4 Å². The van der Waals surface area contributed by atoms with Crippen molar-refractivity contribution in [1.29, 1.82) is 0 Å². The average molecular weight is 323 g/mol. The summed E-state index contributed by atoms with van der Waals surface area (Å²) in [6.45, 7) is 3.89. The van der Waals surface area contributed by atoms with Gasteiger partial charge in [-0.15, -0.1) is 11.6 Å². The molecule has 1 fully saturated rings. The highest BCUT2D eigenvalue weighted by molar-refractivity contribution is 6.18. The number of nitrogens with one attached hydrogen (secondary N) is 1. The van der Waals surface area contributed by atoms with E-state index in [1.807, 2.05) is 4.90 Å². The molecule has 5 heteroatoms. The molecule has 0 unspecified atom stereocenters. The summed E-state index contributed by atoms with van der Waals surface area (Å²) in [7, 11) is 0. The number of rotatable bonds is 5. The van der Waals surface area contributed by atoms with Crippen LogP contribution in [0.4, 0.5) is 5.69 Å². The normalized spacial score (nSPS) is 15.6. The van der Waals surface area contributed by atoms with Crippen LogP contribution >= 0.6 is 11.6 Å². The quantitative estimate of drug-likeness (QED) is 0.843. The van der Waals surface area contributed by atoms with E-state index in [2.05, 4.69) is 12.2 Å². The lowest BCUT2D eigenvalue weighted by molar-refractivity contribution is -0.116. The van der Waals surface area contributed by atoms with Crippen LogP contribution in [-0.2, 0) is 4.79 Å². The molecule has 2 rings (SSSR count). The first kappa shape index (κ1) is 16.8. The van der Waals surface area contributed by atoms with Crippen molar-refractivity contribution < 1.29 is 9.59 Å². The molecule has 0 saturated carbocycles. The van der Waals surface area contributed by atoms with Crippen molar-refractivity contribution in [3.63, 3.8) is 0 Å². The van der Waals surface area contributed by atoms with E-state index >= 15 is 0 Å². The summed E-state index contributed by atoms with van der Waals surface area (Å²) in [5.41, 5.74) is 1.39. The van der Waals surface area contributed by atoms with Crippen LogP contribution in [-0.4, -0.2) is 35.7 Å². The van der Waals surface area contributed by atoms with E-state index in [9.17, 15) is 9.59 Å². The third-order valence-electron chi connectivity index (χ3n) is 4.02. The van der Waals surface area contributed by atoms with Crippen LogP contribution in [0, 0.1) is 5.92 Å². The van der Waals surface area contributed by atoms with Gasteiger partial charge in [-0.1, -0.05) is 6.92 Å². The summed E-state index contributed by atoms with van der Waals surface area (Å²) < 4.78 is 0. The second kappa shape index (κ2) is 8.18. The molecule has 0 aliphatic carbocycles. The molecule has 4 nitrogen and oxygen atoms in total. The van der Waals surface area contributed by atoms with Crippen molar-refractivity contribution in [3.8, 4) is 0 Å². The minimum Gasteiger partial charge on any atom is -0.339 e. The van der Waals surface area contributed by atoms with Crippen LogP contribution in [0.15, 0.2) is 24.3 Å². The number of alkyl halides is 1. The predicted molar refractivity (Wildman–Crippen MR) is 89.3 cm³/mol. The van der Waals surface area contributed by atoms with Crippen LogP contribution in [0.1, 0.15) is 43.0 Å². The highest BCUT2D eigenvalue weighted by Crippen LogP contribution is 2.19. The Kier molecular flexibility index (Phi) is 6.25. The molecule has 1 heterocycles. The number of hydrogen-bond acceptors (Lipinski definition) is 2. The maximum atomic E-state index is 12.4. The molecule has 120 valence electrons. The first-order chi connectivity index (χ1) is 10.6. The van der Waals surface area contributed by atoms with Crippen molar-refractivity contribution in [2.75, 3.05) is 24.3 Å². The van der Waals surface area contributed by atoms with E-state index in [1.165, 1.54) is 0 Å². The number of benzene rings is 1. The number of likely N-dealkylation sites (tertiary alicyclic amines) is 1. The maximum Gasteiger partial charge on any atom is 0.253 e. The van der Waals surface area contributed by atoms with Crippen LogP contribution in [0.5, 0.6) is 0 Å². The van der Waals surface area contributed by atoms with E-state index in [1.54, 1.807) is 24.3 Å². The number of carbonyl (C=O) groups excluding carboxylic acids is 2. The highest BCUT2D eigenvalue weighted by atomic mass is 35.5. The fourth-order valence-corrected chi connectivity index (χ4v) is 2.67. The van der Waals surface area contributed by atoms with Crippen molar-refractivity contribution in [1.82, 2.24) is 4.90 Å². The number of carbonyl (C=O) groups is 2. The molecule has 2 amide bonds. The van der Waals surface area contributed by atoms with Gasteiger partial charge in [-0.3, -0.25) is 9.59 Å². The lowest BCUT2D eigenvalue weighted by Crippen LogP contribution is -2.37. The second-order valence-corrected chi connectivity index (χ2v) is 6.27. The minimum atomic E-state index is -0.0512. The number of halogens is 1. The molecule has 1 aromatic carbocycles. The maximum absolute atomic E-state index is 12.4. The minimum absolute atomic E-state index is 0.0512. The number of nitrogens with zero attached hydrogens (tertiary/aromatic N) is 1. The van der Waals surface area contributed by atoms with E-state index in [-0.39, 0.29) is 11.8 Å². The first-order valence-electron chi connectivity index (χ1n) is 7.85. The van der Waals surface area contributed by atoms with Gasteiger partial charge in [0.2, 0.25) is 5.91 Å². The monoisotopic (exact) mass is 322 g/mol. The van der Waals surface area contributed by atoms with E-state index < -0.39 is 0 Å². The Morgan fingerprint density at radius 2 is 1.86 bits per heavy atom. The molecule has 0 spiro atoms. The molecular weight excluding hydrogens is 300 g/mol. The lowest BCUT2D eigenvalue weighted by Gasteiger charge is -2.30. The van der Waals surface area contributed by atoms with Gasteiger partial charge in [0.25, 0.3) is 5.91 Å². The van der Waals surface area contributed by atoms with Crippen molar-refractivity contribution in [2.45, 2.75) is 32.6 Å². The Morgan fingerprint density at radius 3 is 2.45 bits per heavy atom. The molecule has 1 aliphatic rings. The van der Waals surface area contributed by atoms with Crippen LogP contribution in [0.2, 0.25) is 0 Å².